The summed E-state index contributed by atoms with van der Waals surface area (Å²) in [5.41, 5.74) is 0. The number of rotatable bonds is 0. The van der Waals surface area contributed by atoms with E-state index in [2.05, 4.69) is 35.7 Å². The van der Waals surface area contributed by atoms with Crippen LogP contribution in [0.15, 0.2) is 36.6 Å². The van der Waals surface area contributed by atoms with Gasteiger partial charge in [-0.05, 0) is 12.6 Å². The number of hydrogen-bond donors (Lipinski definition) is 1. The minimum atomic E-state index is 0.551. The molecule has 2 atom stereocenters. The SMILES string of the molecule is C1=CC2CC=CN[C@H]2C=C1. The van der Waals surface area contributed by atoms with Gasteiger partial charge in [-0.1, -0.05) is 30.4 Å². The number of fused-ring (bicyclic) bond motifs is 1. The van der Waals surface area contributed by atoms with Crippen molar-refractivity contribution in [2.24, 2.45) is 5.92 Å². The van der Waals surface area contributed by atoms with Gasteiger partial charge in [0.15, 0.2) is 0 Å². The van der Waals surface area contributed by atoms with Gasteiger partial charge in [-0.2, -0.15) is 0 Å². The zero-order valence-electron chi connectivity index (χ0n) is 5.83. The molecule has 10 heavy (non-hydrogen) atoms. The molecule has 1 N–H and O–H groups in total. The van der Waals surface area contributed by atoms with Crippen molar-refractivity contribution in [3.05, 3.63) is 36.6 Å². The molecular formula is C9H11N. The molecule has 1 nitrogen and oxygen atoms in total. The first-order valence-electron chi connectivity index (χ1n) is 3.73. The van der Waals surface area contributed by atoms with Gasteiger partial charge in [0, 0.05) is 5.92 Å². The molecule has 0 fully saturated rings. The summed E-state index contributed by atoms with van der Waals surface area (Å²) in [6, 6.07) is 0.551. The molecule has 0 aromatic rings. The van der Waals surface area contributed by atoms with Crippen molar-refractivity contribution < 1.29 is 0 Å². The first-order valence-corrected chi connectivity index (χ1v) is 3.73. The zero-order chi connectivity index (χ0) is 6.81. The van der Waals surface area contributed by atoms with E-state index < -0.39 is 0 Å². The van der Waals surface area contributed by atoms with E-state index in [1.54, 1.807) is 0 Å². The molecule has 0 spiro atoms. The molecule has 1 unspecified atom stereocenters. The summed E-state index contributed by atoms with van der Waals surface area (Å²) in [7, 11) is 0. The third-order valence-corrected chi connectivity index (χ3v) is 2.06. The standard InChI is InChI=1S/C9H11N/c1-2-6-9-8(4-1)5-3-7-10-9/h1-4,6-10H,5H2/t8?,9-/m0/s1. The molecule has 0 aromatic heterocycles. The lowest BCUT2D eigenvalue weighted by molar-refractivity contribution is 0.499. The molecular weight excluding hydrogens is 122 g/mol. The molecule has 0 amide bonds. The van der Waals surface area contributed by atoms with Crippen LogP contribution in [0.4, 0.5) is 0 Å². The monoisotopic (exact) mass is 133 g/mol. The first-order chi connectivity index (χ1) is 4.97. The van der Waals surface area contributed by atoms with Crippen molar-refractivity contribution in [3.8, 4) is 0 Å². The van der Waals surface area contributed by atoms with E-state index in [0.717, 1.165) is 0 Å². The Balaban J connectivity index is 2.19. The highest BCUT2D eigenvalue weighted by Crippen LogP contribution is 2.19. The fourth-order valence-electron chi connectivity index (χ4n) is 1.46. The Morgan fingerprint density at radius 2 is 2.10 bits per heavy atom. The largest absolute Gasteiger partial charge is 0.384 e. The fourth-order valence-corrected chi connectivity index (χ4v) is 1.46. The quantitative estimate of drug-likeness (QED) is 0.529. The van der Waals surface area contributed by atoms with E-state index in [0.29, 0.717) is 12.0 Å². The maximum atomic E-state index is 3.30. The van der Waals surface area contributed by atoms with E-state index >= 15 is 0 Å². The lowest BCUT2D eigenvalue weighted by Crippen LogP contribution is -2.33. The van der Waals surface area contributed by atoms with Crippen molar-refractivity contribution in [1.82, 2.24) is 5.32 Å². The average Bonchev–Trinajstić information content (AvgIpc) is 2.05. The van der Waals surface area contributed by atoms with Gasteiger partial charge in [0.25, 0.3) is 0 Å². The zero-order valence-corrected chi connectivity index (χ0v) is 5.83. The normalized spacial score (nSPS) is 35.2. The molecule has 1 heterocycles. The van der Waals surface area contributed by atoms with E-state index in [1.807, 2.05) is 6.20 Å². The third kappa shape index (κ3) is 0.878. The van der Waals surface area contributed by atoms with E-state index in [9.17, 15) is 0 Å². The van der Waals surface area contributed by atoms with Crippen LogP contribution in [0.5, 0.6) is 0 Å². The highest BCUT2D eigenvalue weighted by atomic mass is 14.9. The van der Waals surface area contributed by atoms with Crippen LogP contribution in [-0.2, 0) is 0 Å². The van der Waals surface area contributed by atoms with Crippen molar-refractivity contribution in [3.63, 3.8) is 0 Å². The molecule has 1 aliphatic heterocycles. The average molecular weight is 133 g/mol. The lowest BCUT2D eigenvalue weighted by atomic mass is 9.90. The van der Waals surface area contributed by atoms with Gasteiger partial charge in [0.2, 0.25) is 0 Å². The Hall–Kier alpha value is -0.980. The summed E-state index contributed by atoms with van der Waals surface area (Å²) in [5, 5.41) is 3.30. The van der Waals surface area contributed by atoms with E-state index in [1.165, 1.54) is 6.42 Å². The van der Waals surface area contributed by atoms with Crippen molar-refractivity contribution in [1.29, 1.82) is 0 Å². The van der Waals surface area contributed by atoms with Gasteiger partial charge in [-0.15, -0.1) is 0 Å². The minimum Gasteiger partial charge on any atom is -0.384 e. The molecule has 0 radical (unpaired) electrons. The summed E-state index contributed by atoms with van der Waals surface area (Å²) in [6.45, 7) is 0. The summed E-state index contributed by atoms with van der Waals surface area (Å²) < 4.78 is 0. The Kier molecular flexibility index (Phi) is 1.35. The maximum Gasteiger partial charge on any atom is 0.0507 e. The van der Waals surface area contributed by atoms with Crippen LogP contribution in [0.25, 0.3) is 0 Å². The van der Waals surface area contributed by atoms with Crippen LogP contribution >= 0.6 is 0 Å². The lowest BCUT2D eigenvalue weighted by Gasteiger charge is -2.26. The van der Waals surface area contributed by atoms with Gasteiger partial charge in [0.05, 0.1) is 6.04 Å². The predicted molar refractivity (Wildman–Crippen MR) is 42.5 cm³/mol. The third-order valence-electron chi connectivity index (χ3n) is 2.06. The Morgan fingerprint density at radius 1 is 1.20 bits per heavy atom. The second-order valence-corrected chi connectivity index (χ2v) is 2.76. The van der Waals surface area contributed by atoms with Crippen LogP contribution in [-0.4, -0.2) is 6.04 Å². The molecule has 0 aromatic carbocycles. The Labute approximate surface area is 61.1 Å². The minimum absolute atomic E-state index is 0.551. The number of allylic oxidation sites excluding steroid dienone is 3. The number of nitrogens with one attached hydrogen (secondary N) is 1. The smallest absolute Gasteiger partial charge is 0.0507 e. The molecule has 1 aliphatic carbocycles. The van der Waals surface area contributed by atoms with Crippen LogP contribution in [0.3, 0.4) is 0 Å². The van der Waals surface area contributed by atoms with Gasteiger partial charge in [-0.3, -0.25) is 0 Å². The van der Waals surface area contributed by atoms with Crippen molar-refractivity contribution >= 4 is 0 Å². The van der Waals surface area contributed by atoms with Gasteiger partial charge in [-0.25, -0.2) is 0 Å². The molecule has 0 saturated heterocycles. The summed E-state index contributed by atoms with van der Waals surface area (Å²) in [4.78, 5) is 0. The highest BCUT2D eigenvalue weighted by molar-refractivity contribution is 5.20. The fraction of sp³-hybridized carbons (Fsp3) is 0.333. The first kappa shape index (κ1) is 5.78. The highest BCUT2D eigenvalue weighted by Gasteiger charge is 2.17. The Morgan fingerprint density at radius 3 is 3.00 bits per heavy atom. The number of hydrogen-bond acceptors (Lipinski definition) is 1. The second kappa shape index (κ2) is 2.33. The molecule has 0 bridgehead atoms. The summed E-state index contributed by atoms with van der Waals surface area (Å²) >= 11 is 0. The summed E-state index contributed by atoms with van der Waals surface area (Å²) in [5.74, 6) is 0.690. The van der Waals surface area contributed by atoms with Crippen LogP contribution in [0, 0.1) is 5.92 Å². The molecule has 0 saturated carbocycles. The van der Waals surface area contributed by atoms with Crippen molar-refractivity contribution in [2.75, 3.05) is 0 Å². The molecule has 52 valence electrons. The molecule has 2 aliphatic rings. The predicted octanol–water partition coefficient (Wildman–Crippen LogP) is 1.60. The van der Waals surface area contributed by atoms with Gasteiger partial charge >= 0.3 is 0 Å². The molecule has 1 heteroatoms. The van der Waals surface area contributed by atoms with Crippen LogP contribution < -0.4 is 5.32 Å². The summed E-state index contributed by atoms with van der Waals surface area (Å²) in [6.07, 6.45) is 14.1. The van der Waals surface area contributed by atoms with E-state index in [4.69, 9.17) is 0 Å². The van der Waals surface area contributed by atoms with Crippen LogP contribution in [0.1, 0.15) is 6.42 Å². The van der Waals surface area contributed by atoms with Gasteiger partial charge in [0.1, 0.15) is 0 Å². The topological polar surface area (TPSA) is 12.0 Å². The molecule has 2 rings (SSSR count). The maximum absolute atomic E-state index is 3.30. The van der Waals surface area contributed by atoms with Crippen molar-refractivity contribution in [2.45, 2.75) is 12.5 Å². The Bertz CT molecular complexity index is 179. The van der Waals surface area contributed by atoms with Gasteiger partial charge < -0.3 is 5.32 Å². The second-order valence-electron chi connectivity index (χ2n) is 2.76. The van der Waals surface area contributed by atoms with E-state index in [-0.39, 0.29) is 0 Å². The van der Waals surface area contributed by atoms with Crippen LogP contribution in [0.2, 0.25) is 0 Å².